The van der Waals surface area contributed by atoms with E-state index in [1.807, 2.05) is 33.3 Å². The molecule has 9 nitrogen and oxygen atoms in total. The van der Waals surface area contributed by atoms with Gasteiger partial charge in [0.2, 0.25) is 5.91 Å². The Bertz CT molecular complexity index is 1250. The number of likely N-dealkylation sites (N-methyl/N-ethyl adjacent to an activating group) is 1. The summed E-state index contributed by atoms with van der Waals surface area (Å²) >= 11 is 0. The number of hydrogen-bond acceptors (Lipinski definition) is 6. The minimum absolute atomic E-state index is 0.0384. The summed E-state index contributed by atoms with van der Waals surface area (Å²) in [5.41, 5.74) is 0. The number of phosphoric ester groups is 1. The molecule has 0 aliphatic heterocycles. The Morgan fingerprint density at radius 2 is 0.866 bits per heavy atom. The lowest BCUT2D eigenvalue weighted by molar-refractivity contribution is -0.870. The van der Waals surface area contributed by atoms with Crippen molar-refractivity contribution in [3.63, 3.8) is 0 Å². The first-order chi connectivity index (χ1) is 32.4. The maximum absolute atomic E-state index is 13.5. The molecule has 1 amide bonds. The summed E-state index contributed by atoms with van der Waals surface area (Å²) in [5, 5.41) is 3.04. The van der Waals surface area contributed by atoms with Crippen LogP contribution >= 0.6 is 7.82 Å². The molecule has 10 heteroatoms. The number of rotatable bonds is 51. The number of hydrogen-bond donors (Lipinski definition) is 2. The summed E-state index contributed by atoms with van der Waals surface area (Å²) in [5.74, 6) is -0.523. The first-order valence-electron chi connectivity index (χ1n) is 28.3. The van der Waals surface area contributed by atoms with Crippen molar-refractivity contribution < 1.29 is 37.3 Å². The van der Waals surface area contributed by atoms with Crippen LogP contribution in [0.25, 0.3) is 0 Å². The summed E-state index contributed by atoms with van der Waals surface area (Å²) in [6, 6.07) is -0.852. The highest BCUT2D eigenvalue weighted by Crippen LogP contribution is 2.43. The number of nitrogens with one attached hydrogen (secondary N) is 1. The van der Waals surface area contributed by atoms with Crippen molar-refractivity contribution in [2.24, 2.45) is 0 Å². The molecule has 394 valence electrons. The molecule has 0 spiro atoms. The summed E-state index contributed by atoms with van der Waals surface area (Å²) in [7, 11) is 1.49. The van der Waals surface area contributed by atoms with Crippen molar-refractivity contribution in [3.05, 3.63) is 36.5 Å². The Morgan fingerprint density at radius 3 is 1.30 bits per heavy atom. The largest absolute Gasteiger partial charge is 0.472 e. The monoisotopic (exact) mass is 966 g/mol. The molecule has 0 aromatic rings. The predicted octanol–water partition coefficient (Wildman–Crippen LogP) is 16.8. The van der Waals surface area contributed by atoms with Crippen molar-refractivity contribution >= 4 is 19.7 Å². The van der Waals surface area contributed by atoms with Crippen LogP contribution in [0.4, 0.5) is 0 Å². The zero-order valence-corrected chi connectivity index (χ0v) is 45.8. The van der Waals surface area contributed by atoms with E-state index < -0.39 is 20.0 Å². The van der Waals surface area contributed by atoms with E-state index in [2.05, 4.69) is 50.4 Å². The van der Waals surface area contributed by atoms with Gasteiger partial charge in [-0.15, -0.1) is 0 Å². The van der Waals surface area contributed by atoms with Gasteiger partial charge in [0.25, 0.3) is 0 Å². The molecule has 0 heterocycles. The number of esters is 1. The van der Waals surface area contributed by atoms with Gasteiger partial charge in [-0.05, 0) is 83.1 Å². The molecule has 0 radical (unpaired) electrons. The van der Waals surface area contributed by atoms with Crippen LogP contribution in [0.15, 0.2) is 36.5 Å². The van der Waals surface area contributed by atoms with E-state index in [0.717, 1.165) is 83.5 Å². The van der Waals surface area contributed by atoms with Gasteiger partial charge in [0.05, 0.1) is 33.8 Å². The molecule has 2 N–H and O–H groups in total. The number of carbonyl (C=O) groups is 2. The van der Waals surface area contributed by atoms with E-state index in [-0.39, 0.29) is 31.5 Å². The average molecular weight is 966 g/mol. The fraction of sp³-hybridized carbons (Fsp3) is 0.860. The van der Waals surface area contributed by atoms with Gasteiger partial charge in [0, 0.05) is 12.8 Å². The number of nitrogens with zero attached hydrogens (tertiary/aromatic N) is 1. The van der Waals surface area contributed by atoms with Gasteiger partial charge in [-0.3, -0.25) is 18.6 Å². The number of allylic oxidation sites excluding steroid dienone is 5. The van der Waals surface area contributed by atoms with Crippen LogP contribution in [0.3, 0.4) is 0 Å². The zero-order valence-electron chi connectivity index (χ0n) is 44.9. The zero-order chi connectivity index (χ0) is 49.4. The van der Waals surface area contributed by atoms with Crippen molar-refractivity contribution in [2.45, 2.75) is 277 Å². The minimum atomic E-state index is -4.44. The smallest absolute Gasteiger partial charge is 0.456 e. The molecule has 0 aromatic carbocycles. The molecule has 67 heavy (non-hydrogen) atoms. The molecule has 0 saturated heterocycles. The quantitative estimate of drug-likeness (QED) is 0.0205. The van der Waals surface area contributed by atoms with Crippen LogP contribution in [0.2, 0.25) is 0 Å². The van der Waals surface area contributed by atoms with E-state index in [1.165, 1.54) is 148 Å². The fourth-order valence-electron chi connectivity index (χ4n) is 8.11. The normalized spacial score (nSPS) is 14.1. The van der Waals surface area contributed by atoms with Crippen molar-refractivity contribution in [1.29, 1.82) is 0 Å². The minimum Gasteiger partial charge on any atom is -0.456 e. The Hall–Kier alpha value is -1.77. The van der Waals surface area contributed by atoms with Gasteiger partial charge in [0.15, 0.2) is 0 Å². The molecule has 0 aliphatic rings. The van der Waals surface area contributed by atoms with E-state index in [9.17, 15) is 19.0 Å². The molecule has 3 atom stereocenters. The molecule has 0 saturated carbocycles. The van der Waals surface area contributed by atoms with Crippen LogP contribution in [0.5, 0.6) is 0 Å². The van der Waals surface area contributed by atoms with E-state index in [4.69, 9.17) is 13.8 Å². The Labute approximate surface area is 415 Å². The van der Waals surface area contributed by atoms with Gasteiger partial charge in [-0.1, -0.05) is 205 Å². The predicted molar refractivity (Wildman–Crippen MR) is 286 cm³/mol. The van der Waals surface area contributed by atoms with Crippen LogP contribution in [-0.4, -0.2) is 74.3 Å². The maximum Gasteiger partial charge on any atom is 0.472 e. The molecule has 0 fully saturated rings. The number of carbonyl (C=O) groups excluding carboxylic acids is 2. The third-order valence-corrected chi connectivity index (χ3v) is 13.5. The van der Waals surface area contributed by atoms with Crippen molar-refractivity contribution in [1.82, 2.24) is 5.32 Å². The topological polar surface area (TPSA) is 111 Å². The van der Waals surface area contributed by atoms with E-state index in [0.29, 0.717) is 17.4 Å². The Morgan fingerprint density at radius 1 is 0.507 bits per heavy atom. The molecular weight excluding hydrogens is 856 g/mol. The maximum atomic E-state index is 13.5. The highest BCUT2D eigenvalue weighted by molar-refractivity contribution is 7.47. The van der Waals surface area contributed by atoms with E-state index >= 15 is 0 Å². The SMILES string of the molecule is CCCCCC/C=C\CCCCCCCCCC(=O)NC(COP(=O)(O)OCC[N+](C)(C)C)C(/C=C/CCCCCCCCCCCCC)OC(=O)CCCCC/C=C\CCCCCCCC. The van der Waals surface area contributed by atoms with Crippen LogP contribution in [-0.2, 0) is 27.9 Å². The van der Waals surface area contributed by atoms with Crippen molar-refractivity contribution in [2.75, 3.05) is 40.9 Å². The number of amides is 1. The summed E-state index contributed by atoms with van der Waals surface area (Å²) in [6.45, 7) is 6.99. The van der Waals surface area contributed by atoms with Gasteiger partial charge in [-0.2, -0.15) is 0 Å². The first kappa shape index (κ1) is 65.2. The van der Waals surface area contributed by atoms with Gasteiger partial charge in [0.1, 0.15) is 19.3 Å². The standard InChI is InChI=1S/C57H109N2O7P/c1-7-10-13-16-19-22-25-28-29-32-34-37-40-43-46-49-56(60)58-54(53-65-67(62,63)64-52-51-59(4,5)6)55(48-45-42-39-36-33-30-26-23-20-17-14-11-8-2)66-57(61)50-47-44-41-38-35-31-27-24-21-18-15-12-9-3/h22,25,31,35,45,48,54-55H,7-21,23-24,26-30,32-34,36-44,46-47,49-53H2,1-6H3,(H-,58,60,62,63)/p+1/b25-22-,35-31-,48-45+. The number of unbranched alkanes of at least 4 members (excludes halogenated alkanes) is 31. The third-order valence-electron chi connectivity index (χ3n) is 12.6. The van der Waals surface area contributed by atoms with Crippen LogP contribution < -0.4 is 5.32 Å². The summed E-state index contributed by atoms with van der Waals surface area (Å²) in [4.78, 5) is 37.5. The van der Waals surface area contributed by atoms with Gasteiger partial charge >= 0.3 is 13.8 Å². The highest BCUT2D eigenvalue weighted by Gasteiger charge is 2.30. The molecular formula is C57H110N2O7P+. The molecule has 0 rings (SSSR count). The molecule has 0 bridgehead atoms. The lowest BCUT2D eigenvalue weighted by Crippen LogP contribution is -2.47. The molecule has 0 aromatic heterocycles. The second-order valence-electron chi connectivity index (χ2n) is 20.5. The van der Waals surface area contributed by atoms with Gasteiger partial charge < -0.3 is 19.4 Å². The Kier molecular flexibility index (Phi) is 46.6. The fourth-order valence-corrected chi connectivity index (χ4v) is 8.84. The van der Waals surface area contributed by atoms with Gasteiger partial charge in [-0.25, -0.2) is 4.57 Å². The van der Waals surface area contributed by atoms with Crippen LogP contribution in [0.1, 0.15) is 265 Å². The molecule has 0 aliphatic carbocycles. The Balaban J connectivity index is 5.41. The second kappa shape index (κ2) is 47.9. The average Bonchev–Trinajstić information content (AvgIpc) is 3.28. The third kappa shape index (κ3) is 49.0. The second-order valence-corrected chi connectivity index (χ2v) is 21.9. The number of phosphoric acid groups is 1. The van der Waals surface area contributed by atoms with Crippen molar-refractivity contribution in [3.8, 4) is 0 Å². The lowest BCUT2D eigenvalue weighted by atomic mass is 10.0. The lowest BCUT2D eigenvalue weighted by Gasteiger charge is -2.27. The first-order valence-corrected chi connectivity index (χ1v) is 29.8. The summed E-state index contributed by atoms with van der Waals surface area (Å²) < 4.78 is 30.6. The highest BCUT2D eigenvalue weighted by atomic mass is 31.2. The number of quaternary nitrogens is 1. The van der Waals surface area contributed by atoms with E-state index in [1.54, 1.807) is 0 Å². The van der Waals surface area contributed by atoms with Crippen LogP contribution in [0, 0.1) is 0 Å². The number of ether oxygens (including phenoxy) is 1. The summed E-state index contributed by atoms with van der Waals surface area (Å²) in [6.07, 6.45) is 55.6. The molecule has 3 unspecified atom stereocenters.